The van der Waals surface area contributed by atoms with Crippen LogP contribution in [0.3, 0.4) is 0 Å². The van der Waals surface area contributed by atoms with Crippen LogP contribution < -0.4 is 0 Å². The highest BCUT2D eigenvalue weighted by Gasteiger charge is 2.28. The maximum atomic E-state index is 10.9. The Hall–Kier alpha value is -1.45. The third-order valence-corrected chi connectivity index (χ3v) is 2.22. The van der Waals surface area contributed by atoms with Gasteiger partial charge in [-0.2, -0.15) is 0 Å². The molecule has 0 aliphatic rings. The molecular weight excluding hydrogens is 180 g/mol. The van der Waals surface area contributed by atoms with E-state index in [0.29, 0.717) is 6.42 Å². The average Bonchev–Trinajstić information content (AvgIpc) is 2.08. The van der Waals surface area contributed by atoms with E-state index in [1.54, 1.807) is 20.0 Å². The average molecular weight is 194 g/mol. The number of aromatic nitrogens is 2. The molecule has 0 spiro atoms. The number of hydrogen-bond acceptors (Lipinski definition) is 3. The first-order valence-corrected chi connectivity index (χ1v) is 4.42. The third kappa shape index (κ3) is 2.28. The predicted octanol–water partition coefficient (Wildman–Crippen LogP) is 1.44. The van der Waals surface area contributed by atoms with Crippen LogP contribution >= 0.6 is 0 Å². The van der Waals surface area contributed by atoms with Crippen LogP contribution in [-0.4, -0.2) is 21.0 Å². The molecular formula is C10H14N2O2. The molecule has 0 aliphatic heterocycles. The fourth-order valence-electron chi connectivity index (χ4n) is 1.14. The van der Waals surface area contributed by atoms with Crippen molar-refractivity contribution in [3.05, 3.63) is 23.8 Å². The molecule has 0 atom stereocenters. The minimum atomic E-state index is -0.805. The molecule has 4 nitrogen and oxygen atoms in total. The number of carboxylic acid groups (broad SMARTS) is 1. The zero-order chi connectivity index (χ0) is 10.8. The Morgan fingerprint density at radius 1 is 1.57 bits per heavy atom. The van der Waals surface area contributed by atoms with Crippen LogP contribution in [0, 0.1) is 12.3 Å². The number of carbonyl (C=O) groups is 1. The number of hydrogen-bond donors (Lipinski definition) is 1. The summed E-state index contributed by atoms with van der Waals surface area (Å²) in [7, 11) is 0. The Balaban J connectivity index is 2.89. The molecule has 0 bridgehead atoms. The smallest absolute Gasteiger partial charge is 0.309 e. The van der Waals surface area contributed by atoms with Crippen molar-refractivity contribution in [2.75, 3.05) is 0 Å². The van der Waals surface area contributed by atoms with Crippen LogP contribution in [0.4, 0.5) is 0 Å². The van der Waals surface area contributed by atoms with E-state index in [-0.39, 0.29) is 0 Å². The zero-order valence-electron chi connectivity index (χ0n) is 8.61. The van der Waals surface area contributed by atoms with E-state index in [4.69, 9.17) is 5.11 Å². The van der Waals surface area contributed by atoms with Crippen LogP contribution in [0.1, 0.15) is 25.1 Å². The molecule has 0 radical (unpaired) electrons. The summed E-state index contributed by atoms with van der Waals surface area (Å²) < 4.78 is 0. The van der Waals surface area contributed by atoms with Gasteiger partial charge in [-0.15, -0.1) is 0 Å². The second kappa shape index (κ2) is 3.74. The van der Waals surface area contributed by atoms with Crippen molar-refractivity contribution in [2.45, 2.75) is 27.2 Å². The van der Waals surface area contributed by atoms with Crippen LogP contribution in [0.25, 0.3) is 0 Å². The molecule has 14 heavy (non-hydrogen) atoms. The summed E-state index contributed by atoms with van der Waals surface area (Å²) >= 11 is 0. The SMILES string of the molecule is Cc1ncncc1CC(C)(C)C(=O)O. The molecule has 1 aromatic heterocycles. The molecule has 1 heterocycles. The Morgan fingerprint density at radius 3 is 2.71 bits per heavy atom. The van der Waals surface area contributed by atoms with Crippen LogP contribution in [0.15, 0.2) is 12.5 Å². The molecule has 1 N–H and O–H groups in total. The minimum absolute atomic E-state index is 0.453. The summed E-state index contributed by atoms with van der Waals surface area (Å²) in [5, 5.41) is 8.95. The molecule has 0 unspecified atom stereocenters. The summed E-state index contributed by atoms with van der Waals surface area (Å²) in [6.45, 7) is 5.25. The van der Waals surface area contributed by atoms with Gasteiger partial charge >= 0.3 is 5.97 Å². The van der Waals surface area contributed by atoms with Crippen LogP contribution in [-0.2, 0) is 11.2 Å². The molecule has 0 saturated carbocycles. The van der Waals surface area contributed by atoms with Crippen molar-refractivity contribution in [3.63, 3.8) is 0 Å². The highest BCUT2D eigenvalue weighted by molar-refractivity contribution is 5.74. The van der Waals surface area contributed by atoms with Crippen LogP contribution in [0.2, 0.25) is 0 Å². The van der Waals surface area contributed by atoms with Crippen molar-refractivity contribution in [3.8, 4) is 0 Å². The fraction of sp³-hybridized carbons (Fsp3) is 0.500. The lowest BCUT2D eigenvalue weighted by Crippen LogP contribution is -2.26. The second-order valence-corrected chi connectivity index (χ2v) is 4.00. The van der Waals surface area contributed by atoms with Crippen molar-refractivity contribution in [1.82, 2.24) is 9.97 Å². The molecule has 0 fully saturated rings. The lowest BCUT2D eigenvalue weighted by Gasteiger charge is -2.19. The Bertz CT molecular complexity index is 348. The van der Waals surface area contributed by atoms with Crippen molar-refractivity contribution in [2.24, 2.45) is 5.41 Å². The fourth-order valence-corrected chi connectivity index (χ4v) is 1.14. The van der Waals surface area contributed by atoms with Gasteiger partial charge in [-0.05, 0) is 32.8 Å². The number of nitrogens with zero attached hydrogens (tertiary/aromatic N) is 2. The van der Waals surface area contributed by atoms with Gasteiger partial charge in [0.2, 0.25) is 0 Å². The van der Waals surface area contributed by atoms with E-state index >= 15 is 0 Å². The van der Waals surface area contributed by atoms with Gasteiger partial charge in [0.25, 0.3) is 0 Å². The Labute approximate surface area is 83.0 Å². The van der Waals surface area contributed by atoms with Gasteiger partial charge in [-0.25, -0.2) is 9.97 Å². The van der Waals surface area contributed by atoms with Gasteiger partial charge in [0, 0.05) is 11.9 Å². The highest BCUT2D eigenvalue weighted by Crippen LogP contribution is 2.22. The standard InChI is InChI=1S/C10H14N2O2/c1-7-8(5-11-6-12-7)4-10(2,3)9(13)14/h5-6H,4H2,1-3H3,(H,13,14). The summed E-state index contributed by atoms with van der Waals surface area (Å²) in [6, 6.07) is 0. The third-order valence-electron chi connectivity index (χ3n) is 2.22. The van der Waals surface area contributed by atoms with Gasteiger partial charge in [0.1, 0.15) is 6.33 Å². The van der Waals surface area contributed by atoms with Crippen molar-refractivity contribution in [1.29, 1.82) is 0 Å². The maximum Gasteiger partial charge on any atom is 0.309 e. The number of aryl methyl sites for hydroxylation is 1. The molecule has 0 saturated heterocycles. The van der Waals surface area contributed by atoms with E-state index in [2.05, 4.69) is 9.97 Å². The maximum absolute atomic E-state index is 10.9. The van der Waals surface area contributed by atoms with E-state index in [9.17, 15) is 4.79 Å². The van der Waals surface area contributed by atoms with E-state index in [1.807, 2.05) is 6.92 Å². The van der Waals surface area contributed by atoms with Gasteiger partial charge < -0.3 is 5.11 Å². The molecule has 1 rings (SSSR count). The van der Waals surface area contributed by atoms with E-state index in [0.717, 1.165) is 11.3 Å². The minimum Gasteiger partial charge on any atom is -0.481 e. The summed E-state index contributed by atoms with van der Waals surface area (Å²) in [6.07, 6.45) is 3.59. The quantitative estimate of drug-likeness (QED) is 0.790. The summed E-state index contributed by atoms with van der Waals surface area (Å²) in [5.74, 6) is -0.805. The summed E-state index contributed by atoms with van der Waals surface area (Å²) in [5.41, 5.74) is 0.962. The van der Waals surface area contributed by atoms with Gasteiger partial charge in [-0.3, -0.25) is 4.79 Å². The van der Waals surface area contributed by atoms with E-state index in [1.165, 1.54) is 6.33 Å². The molecule has 1 aromatic rings. The van der Waals surface area contributed by atoms with Gasteiger partial charge in [-0.1, -0.05) is 0 Å². The summed E-state index contributed by atoms with van der Waals surface area (Å²) in [4.78, 5) is 18.8. The molecule has 0 aromatic carbocycles. The lowest BCUT2D eigenvalue weighted by molar-refractivity contribution is -0.146. The predicted molar refractivity (Wildman–Crippen MR) is 51.9 cm³/mol. The highest BCUT2D eigenvalue weighted by atomic mass is 16.4. The first kappa shape index (κ1) is 10.6. The first-order valence-electron chi connectivity index (χ1n) is 4.42. The van der Waals surface area contributed by atoms with Gasteiger partial charge in [0.05, 0.1) is 5.41 Å². The van der Waals surface area contributed by atoms with Crippen molar-refractivity contribution < 1.29 is 9.90 Å². The topological polar surface area (TPSA) is 63.1 Å². The second-order valence-electron chi connectivity index (χ2n) is 4.00. The zero-order valence-corrected chi connectivity index (χ0v) is 8.61. The van der Waals surface area contributed by atoms with Gasteiger partial charge in [0.15, 0.2) is 0 Å². The molecule has 0 aliphatic carbocycles. The number of aliphatic carboxylic acids is 1. The monoisotopic (exact) mass is 194 g/mol. The largest absolute Gasteiger partial charge is 0.481 e. The van der Waals surface area contributed by atoms with E-state index < -0.39 is 11.4 Å². The molecule has 0 amide bonds. The number of rotatable bonds is 3. The molecule has 4 heteroatoms. The van der Waals surface area contributed by atoms with Crippen molar-refractivity contribution >= 4 is 5.97 Å². The lowest BCUT2D eigenvalue weighted by atomic mass is 9.86. The first-order chi connectivity index (χ1) is 6.43. The Kier molecular flexibility index (Phi) is 2.84. The normalized spacial score (nSPS) is 11.4. The van der Waals surface area contributed by atoms with Crippen LogP contribution in [0.5, 0.6) is 0 Å². The molecule has 76 valence electrons. The number of carboxylic acids is 1. The Morgan fingerprint density at radius 2 is 2.21 bits per heavy atom.